The van der Waals surface area contributed by atoms with Gasteiger partial charge in [-0.3, -0.25) is 4.79 Å². The minimum absolute atomic E-state index is 0.00792. The van der Waals surface area contributed by atoms with Crippen LogP contribution in [0.1, 0.15) is 40.0 Å². The highest BCUT2D eigenvalue weighted by molar-refractivity contribution is 5.87. The molecule has 0 aliphatic carbocycles. The zero-order chi connectivity index (χ0) is 13.9. The van der Waals surface area contributed by atoms with Gasteiger partial charge in [-0.25, -0.2) is 4.79 Å². The van der Waals surface area contributed by atoms with Gasteiger partial charge in [0.2, 0.25) is 5.91 Å². The summed E-state index contributed by atoms with van der Waals surface area (Å²) in [5.74, 6) is -0.823. The second-order valence-electron chi connectivity index (χ2n) is 5.67. The Balaban J connectivity index is 2.78. The SMILES string of the molecule is CC(C)C[C@@H](N)C(=O)N1CCCC(C)C1C(=O)O. The molecule has 1 amide bonds. The van der Waals surface area contributed by atoms with Crippen LogP contribution < -0.4 is 5.73 Å². The number of carbonyl (C=O) groups excluding carboxylic acids is 1. The van der Waals surface area contributed by atoms with Crippen molar-refractivity contribution < 1.29 is 14.7 Å². The molecule has 5 heteroatoms. The molecule has 0 saturated carbocycles. The maximum absolute atomic E-state index is 12.2. The lowest BCUT2D eigenvalue weighted by Crippen LogP contribution is -2.56. The number of nitrogens with zero attached hydrogens (tertiary/aromatic N) is 1. The molecule has 0 radical (unpaired) electrons. The number of carboxylic acid groups (broad SMARTS) is 1. The van der Waals surface area contributed by atoms with Gasteiger partial charge in [0, 0.05) is 6.54 Å². The molecule has 1 rings (SSSR count). The first-order valence-electron chi connectivity index (χ1n) is 6.63. The van der Waals surface area contributed by atoms with Crippen molar-refractivity contribution in [1.29, 1.82) is 0 Å². The normalized spacial score (nSPS) is 26.2. The van der Waals surface area contributed by atoms with Gasteiger partial charge in [0.05, 0.1) is 6.04 Å². The molecule has 1 fully saturated rings. The van der Waals surface area contributed by atoms with Gasteiger partial charge in [-0.2, -0.15) is 0 Å². The van der Waals surface area contributed by atoms with Crippen molar-refractivity contribution in [3.05, 3.63) is 0 Å². The number of carbonyl (C=O) groups is 2. The van der Waals surface area contributed by atoms with Gasteiger partial charge in [0.1, 0.15) is 6.04 Å². The van der Waals surface area contributed by atoms with Crippen molar-refractivity contribution in [2.75, 3.05) is 6.54 Å². The molecule has 1 aliphatic rings. The van der Waals surface area contributed by atoms with Crippen molar-refractivity contribution in [2.45, 2.75) is 52.1 Å². The monoisotopic (exact) mass is 256 g/mol. The maximum Gasteiger partial charge on any atom is 0.326 e. The highest BCUT2D eigenvalue weighted by Gasteiger charge is 2.38. The second kappa shape index (κ2) is 6.18. The van der Waals surface area contributed by atoms with E-state index in [4.69, 9.17) is 5.73 Å². The lowest BCUT2D eigenvalue weighted by molar-refractivity contribution is -0.155. The molecule has 1 saturated heterocycles. The lowest BCUT2D eigenvalue weighted by Gasteiger charge is -2.38. The Kier molecular flexibility index (Phi) is 5.14. The van der Waals surface area contributed by atoms with E-state index in [1.54, 1.807) is 0 Å². The third kappa shape index (κ3) is 3.45. The van der Waals surface area contributed by atoms with E-state index >= 15 is 0 Å². The Bertz CT molecular complexity index is 317. The van der Waals surface area contributed by atoms with Crippen LogP contribution in [0.3, 0.4) is 0 Å². The molecule has 1 aliphatic heterocycles. The number of piperidine rings is 1. The average molecular weight is 256 g/mol. The molecule has 3 atom stereocenters. The van der Waals surface area contributed by atoms with Gasteiger partial charge in [0.15, 0.2) is 0 Å². The molecule has 2 unspecified atom stereocenters. The highest BCUT2D eigenvalue weighted by Crippen LogP contribution is 2.24. The molecule has 1 heterocycles. The van der Waals surface area contributed by atoms with Gasteiger partial charge in [-0.05, 0) is 31.1 Å². The van der Waals surface area contributed by atoms with Gasteiger partial charge in [-0.15, -0.1) is 0 Å². The Morgan fingerprint density at radius 1 is 1.44 bits per heavy atom. The fourth-order valence-corrected chi connectivity index (χ4v) is 2.63. The van der Waals surface area contributed by atoms with Crippen LogP contribution in [0.15, 0.2) is 0 Å². The van der Waals surface area contributed by atoms with E-state index in [1.165, 1.54) is 4.90 Å². The van der Waals surface area contributed by atoms with E-state index in [0.29, 0.717) is 18.9 Å². The molecule has 0 aromatic rings. The molecule has 0 bridgehead atoms. The summed E-state index contributed by atoms with van der Waals surface area (Å²) in [7, 11) is 0. The summed E-state index contributed by atoms with van der Waals surface area (Å²) in [6.07, 6.45) is 2.29. The summed E-state index contributed by atoms with van der Waals surface area (Å²) in [4.78, 5) is 25.0. The van der Waals surface area contributed by atoms with Crippen LogP contribution in [0, 0.1) is 11.8 Å². The van der Waals surface area contributed by atoms with E-state index in [9.17, 15) is 14.7 Å². The topological polar surface area (TPSA) is 83.6 Å². The first kappa shape index (κ1) is 15.0. The number of likely N-dealkylation sites (tertiary alicyclic amines) is 1. The molecule has 0 spiro atoms. The fourth-order valence-electron chi connectivity index (χ4n) is 2.63. The van der Waals surface area contributed by atoms with Crippen molar-refractivity contribution in [1.82, 2.24) is 4.90 Å². The fraction of sp³-hybridized carbons (Fsp3) is 0.846. The predicted octanol–water partition coefficient (Wildman–Crippen LogP) is 1.07. The van der Waals surface area contributed by atoms with E-state index in [1.807, 2.05) is 20.8 Å². The van der Waals surface area contributed by atoms with Crippen molar-refractivity contribution in [3.8, 4) is 0 Å². The Morgan fingerprint density at radius 2 is 2.06 bits per heavy atom. The summed E-state index contributed by atoms with van der Waals surface area (Å²) in [6, 6.07) is -1.30. The lowest BCUT2D eigenvalue weighted by atomic mass is 9.89. The summed E-state index contributed by atoms with van der Waals surface area (Å²) in [5.41, 5.74) is 5.87. The van der Waals surface area contributed by atoms with E-state index in [0.717, 1.165) is 12.8 Å². The molecule has 0 aromatic heterocycles. The number of carboxylic acids is 1. The zero-order valence-electron chi connectivity index (χ0n) is 11.4. The van der Waals surface area contributed by atoms with E-state index < -0.39 is 18.1 Å². The number of aliphatic carboxylic acids is 1. The van der Waals surface area contributed by atoms with Crippen LogP contribution in [0.5, 0.6) is 0 Å². The number of nitrogens with two attached hydrogens (primary N) is 1. The quantitative estimate of drug-likeness (QED) is 0.788. The second-order valence-corrected chi connectivity index (χ2v) is 5.67. The third-order valence-corrected chi connectivity index (χ3v) is 3.51. The first-order valence-corrected chi connectivity index (χ1v) is 6.63. The van der Waals surface area contributed by atoms with Crippen LogP contribution in [0.2, 0.25) is 0 Å². The number of rotatable bonds is 4. The summed E-state index contributed by atoms with van der Waals surface area (Å²) < 4.78 is 0. The minimum atomic E-state index is -0.924. The summed E-state index contributed by atoms with van der Waals surface area (Å²) in [6.45, 7) is 6.39. The smallest absolute Gasteiger partial charge is 0.326 e. The van der Waals surface area contributed by atoms with Gasteiger partial charge in [0.25, 0.3) is 0 Å². The molecular weight excluding hydrogens is 232 g/mol. The average Bonchev–Trinajstić information content (AvgIpc) is 2.26. The van der Waals surface area contributed by atoms with Crippen LogP contribution in [0.4, 0.5) is 0 Å². The minimum Gasteiger partial charge on any atom is -0.480 e. The van der Waals surface area contributed by atoms with Gasteiger partial charge < -0.3 is 15.7 Å². The molecule has 3 N–H and O–H groups in total. The van der Waals surface area contributed by atoms with Crippen LogP contribution in [-0.2, 0) is 9.59 Å². The number of hydrogen-bond acceptors (Lipinski definition) is 3. The maximum atomic E-state index is 12.2. The van der Waals surface area contributed by atoms with Crippen LogP contribution in [0.25, 0.3) is 0 Å². The Morgan fingerprint density at radius 3 is 2.56 bits per heavy atom. The molecule has 104 valence electrons. The first-order chi connectivity index (χ1) is 8.34. The third-order valence-electron chi connectivity index (χ3n) is 3.51. The largest absolute Gasteiger partial charge is 0.480 e. The predicted molar refractivity (Wildman–Crippen MR) is 69.0 cm³/mol. The summed E-state index contributed by atoms with van der Waals surface area (Å²) in [5, 5.41) is 9.26. The van der Waals surface area contributed by atoms with Crippen molar-refractivity contribution in [3.63, 3.8) is 0 Å². The molecule has 18 heavy (non-hydrogen) atoms. The zero-order valence-corrected chi connectivity index (χ0v) is 11.4. The molecule has 0 aromatic carbocycles. The van der Waals surface area contributed by atoms with Crippen molar-refractivity contribution >= 4 is 11.9 Å². The van der Waals surface area contributed by atoms with Crippen LogP contribution >= 0.6 is 0 Å². The van der Waals surface area contributed by atoms with Gasteiger partial charge in [-0.1, -0.05) is 20.8 Å². The highest BCUT2D eigenvalue weighted by atomic mass is 16.4. The van der Waals surface area contributed by atoms with Gasteiger partial charge >= 0.3 is 5.97 Å². The Hall–Kier alpha value is -1.10. The molecular formula is C13H24N2O3. The summed E-state index contributed by atoms with van der Waals surface area (Å²) >= 11 is 0. The van der Waals surface area contributed by atoms with Crippen LogP contribution in [-0.4, -0.2) is 40.5 Å². The van der Waals surface area contributed by atoms with E-state index in [-0.39, 0.29) is 11.8 Å². The number of hydrogen-bond donors (Lipinski definition) is 2. The Labute approximate surface area is 108 Å². The number of amides is 1. The molecule has 5 nitrogen and oxygen atoms in total. The van der Waals surface area contributed by atoms with Crippen molar-refractivity contribution in [2.24, 2.45) is 17.6 Å². The van der Waals surface area contributed by atoms with E-state index in [2.05, 4.69) is 0 Å². The standard InChI is InChI=1S/C13H24N2O3/c1-8(2)7-10(14)12(16)15-6-4-5-9(3)11(15)13(17)18/h8-11H,4-7,14H2,1-3H3,(H,17,18)/t9?,10-,11?/m1/s1.